The zero-order valence-electron chi connectivity index (χ0n) is 10.1. The van der Waals surface area contributed by atoms with Crippen molar-refractivity contribution in [3.05, 3.63) is 53.6 Å². The summed E-state index contributed by atoms with van der Waals surface area (Å²) in [6.45, 7) is 0.834. The van der Waals surface area contributed by atoms with Gasteiger partial charge < -0.3 is 5.32 Å². The molecule has 1 aromatic carbocycles. The van der Waals surface area contributed by atoms with Gasteiger partial charge in [-0.3, -0.25) is 5.10 Å². The van der Waals surface area contributed by atoms with Crippen LogP contribution >= 0.6 is 0 Å². The van der Waals surface area contributed by atoms with Crippen LogP contribution in [0.3, 0.4) is 0 Å². The van der Waals surface area contributed by atoms with Crippen LogP contribution in [0.2, 0.25) is 0 Å². The molecule has 0 bridgehead atoms. The van der Waals surface area contributed by atoms with E-state index in [1.165, 1.54) is 5.56 Å². The van der Waals surface area contributed by atoms with E-state index in [0.29, 0.717) is 12.0 Å². The van der Waals surface area contributed by atoms with E-state index in [0.717, 1.165) is 25.1 Å². The first-order valence-electron chi connectivity index (χ1n) is 6.28. The van der Waals surface area contributed by atoms with Crippen molar-refractivity contribution in [2.24, 2.45) is 0 Å². The zero-order valence-corrected chi connectivity index (χ0v) is 10.1. The molecule has 0 radical (unpaired) electrons. The molecule has 1 aliphatic rings. The summed E-state index contributed by atoms with van der Waals surface area (Å²) in [4.78, 5) is 0. The summed E-state index contributed by atoms with van der Waals surface area (Å²) in [7, 11) is 0. The van der Waals surface area contributed by atoms with Gasteiger partial charge in [-0.05, 0) is 42.5 Å². The largest absolute Gasteiger partial charge is 0.308 e. The molecule has 1 fully saturated rings. The molecule has 0 saturated heterocycles. The maximum Gasteiger partial charge on any atom is 0.123 e. The molecular weight excluding hydrogens is 229 g/mol. The topological polar surface area (TPSA) is 40.7 Å². The van der Waals surface area contributed by atoms with Gasteiger partial charge in [-0.25, -0.2) is 4.39 Å². The van der Waals surface area contributed by atoms with E-state index in [-0.39, 0.29) is 5.82 Å². The minimum atomic E-state index is -0.160. The second kappa shape index (κ2) is 4.90. The fourth-order valence-electron chi connectivity index (χ4n) is 2.43. The number of hydrogen-bond donors (Lipinski definition) is 2. The van der Waals surface area contributed by atoms with Crippen molar-refractivity contribution in [1.29, 1.82) is 0 Å². The van der Waals surface area contributed by atoms with Gasteiger partial charge in [-0.2, -0.15) is 5.10 Å². The lowest BCUT2D eigenvalue weighted by atomic mass is 9.76. The SMILES string of the molecule is Fc1ccc(C2CC(NCc3ccn[nH]3)C2)cc1. The molecule has 2 aromatic rings. The lowest BCUT2D eigenvalue weighted by Gasteiger charge is -2.36. The first-order chi connectivity index (χ1) is 8.81. The van der Waals surface area contributed by atoms with E-state index >= 15 is 0 Å². The number of hydrogen-bond acceptors (Lipinski definition) is 2. The highest BCUT2D eigenvalue weighted by atomic mass is 19.1. The summed E-state index contributed by atoms with van der Waals surface area (Å²) in [5.41, 5.74) is 2.36. The fourth-order valence-corrected chi connectivity index (χ4v) is 2.43. The highest BCUT2D eigenvalue weighted by Crippen LogP contribution is 2.36. The average molecular weight is 245 g/mol. The molecule has 0 spiro atoms. The van der Waals surface area contributed by atoms with Crippen LogP contribution in [0.5, 0.6) is 0 Å². The quantitative estimate of drug-likeness (QED) is 0.869. The normalized spacial score (nSPS) is 22.7. The Hall–Kier alpha value is -1.68. The average Bonchev–Trinajstić information content (AvgIpc) is 2.82. The molecule has 0 aliphatic heterocycles. The van der Waals surface area contributed by atoms with Crippen molar-refractivity contribution < 1.29 is 4.39 Å². The predicted molar refractivity (Wildman–Crippen MR) is 67.6 cm³/mol. The number of H-pyrrole nitrogens is 1. The Morgan fingerprint density at radius 3 is 2.67 bits per heavy atom. The fraction of sp³-hybridized carbons (Fsp3) is 0.357. The second-order valence-electron chi connectivity index (χ2n) is 4.88. The minimum Gasteiger partial charge on any atom is -0.308 e. The monoisotopic (exact) mass is 245 g/mol. The molecule has 3 rings (SSSR count). The number of aromatic nitrogens is 2. The maximum atomic E-state index is 12.8. The zero-order chi connectivity index (χ0) is 12.4. The molecule has 0 amide bonds. The van der Waals surface area contributed by atoms with Gasteiger partial charge in [0.05, 0.1) is 0 Å². The van der Waals surface area contributed by atoms with Crippen molar-refractivity contribution in [2.45, 2.75) is 31.3 Å². The van der Waals surface area contributed by atoms with Gasteiger partial charge in [0, 0.05) is 24.5 Å². The number of benzene rings is 1. The van der Waals surface area contributed by atoms with E-state index in [4.69, 9.17) is 0 Å². The van der Waals surface area contributed by atoms with Crippen LogP contribution in [0.1, 0.15) is 30.0 Å². The van der Waals surface area contributed by atoms with Crippen molar-refractivity contribution in [3.8, 4) is 0 Å². The van der Waals surface area contributed by atoms with Crippen molar-refractivity contribution >= 4 is 0 Å². The van der Waals surface area contributed by atoms with Crippen LogP contribution in [0.4, 0.5) is 4.39 Å². The summed E-state index contributed by atoms with van der Waals surface area (Å²) in [5, 5.41) is 10.3. The molecule has 1 heterocycles. The minimum absolute atomic E-state index is 0.160. The number of aromatic amines is 1. The van der Waals surface area contributed by atoms with Crippen LogP contribution in [-0.4, -0.2) is 16.2 Å². The van der Waals surface area contributed by atoms with Crippen LogP contribution in [-0.2, 0) is 6.54 Å². The number of nitrogens with one attached hydrogen (secondary N) is 2. The predicted octanol–water partition coefficient (Wildman–Crippen LogP) is 2.58. The highest BCUT2D eigenvalue weighted by Gasteiger charge is 2.29. The van der Waals surface area contributed by atoms with Crippen LogP contribution in [0, 0.1) is 5.82 Å². The Kier molecular flexibility index (Phi) is 3.11. The molecule has 3 nitrogen and oxygen atoms in total. The van der Waals surface area contributed by atoms with Gasteiger partial charge in [-0.1, -0.05) is 12.1 Å². The van der Waals surface area contributed by atoms with E-state index < -0.39 is 0 Å². The maximum absolute atomic E-state index is 12.8. The molecule has 2 N–H and O–H groups in total. The molecule has 4 heteroatoms. The molecule has 0 atom stereocenters. The number of nitrogens with zero attached hydrogens (tertiary/aromatic N) is 1. The van der Waals surface area contributed by atoms with Crippen LogP contribution < -0.4 is 5.32 Å². The van der Waals surface area contributed by atoms with Gasteiger partial charge in [-0.15, -0.1) is 0 Å². The van der Waals surface area contributed by atoms with Gasteiger partial charge in [0.15, 0.2) is 0 Å². The third-order valence-corrected chi connectivity index (χ3v) is 3.62. The van der Waals surface area contributed by atoms with Gasteiger partial charge >= 0.3 is 0 Å². The van der Waals surface area contributed by atoms with Crippen LogP contribution in [0.25, 0.3) is 0 Å². The number of rotatable bonds is 4. The van der Waals surface area contributed by atoms with Crippen molar-refractivity contribution in [3.63, 3.8) is 0 Å². The second-order valence-corrected chi connectivity index (χ2v) is 4.88. The summed E-state index contributed by atoms with van der Waals surface area (Å²) >= 11 is 0. The Labute approximate surface area is 105 Å². The van der Waals surface area contributed by atoms with E-state index in [1.54, 1.807) is 18.3 Å². The third kappa shape index (κ3) is 2.43. The van der Waals surface area contributed by atoms with E-state index in [1.807, 2.05) is 18.2 Å². The van der Waals surface area contributed by atoms with Crippen molar-refractivity contribution in [2.75, 3.05) is 0 Å². The smallest absolute Gasteiger partial charge is 0.123 e. The molecule has 94 valence electrons. The van der Waals surface area contributed by atoms with Crippen molar-refractivity contribution in [1.82, 2.24) is 15.5 Å². The van der Waals surface area contributed by atoms with Gasteiger partial charge in [0.2, 0.25) is 0 Å². The van der Waals surface area contributed by atoms with E-state index in [2.05, 4.69) is 15.5 Å². The standard InChI is InChI=1S/C14H16FN3/c15-12-3-1-10(2-4-12)11-7-14(8-11)16-9-13-5-6-17-18-13/h1-6,11,14,16H,7-9H2,(H,17,18). The molecule has 1 aliphatic carbocycles. The third-order valence-electron chi connectivity index (χ3n) is 3.62. The Morgan fingerprint density at radius 2 is 2.00 bits per heavy atom. The number of halogens is 1. The first kappa shape index (κ1) is 11.4. The van der Waals surface area contributed by atoms with E-state index in [9.17, 15) is 4.39 Å². The summed E-state index contributed by atoms with van der Waals surface area (Å²) in [6.07, 6.45) is 4.01. The molecule has 1 saturated carbocycles. The lowest BCUT2D eigenvalue weighted by Crippen LogP contribution is -2.39. The highest BCUT2D eigenvalue weighted by molar-refractivity contribution is 5.23. The summed E-state index contributed by atoms with van der Waals surface area (Å²) in [5.74, 6) is 0.414. The Bertz CT molecular complexity index is 486. The molecule has 0 unspecified atom stereocenters. The molecule has 1 aromatic heterocycles. The molecular formula is C14H16FN3. The van der Waals surface area contributed by atoms with Gasteiger partial charge in [0.25, 0.3) is 0 Å². The Morgan fingerprint density at radius 1 is 1.22 bits per heavy atom. The summed E-state index contributed by atoms with van der Waals surface area (Å²) in [6, 6.07) is 9.41. The summed E-state index contributed by atoms with van der Waals surface area (Å²) < 4.78 is 12.8. The molecule has 18 heavy (non-hydrogen) atoms. The van der Waals surface area contributed by atoms with Crippen LogP contribution in [0.15, 0.2) is 36.5 Å². The van der Waals surface area contributed by atoms with Gasteiger partial charge in [0.1, 0.15) is 5.82 Å². The Balaban J connectivity index is 1.47. The first-order valence-corrected chi connectivity index (χ1v) is 6.28. The lowest BCUT2D eigenvalue weighted by molar-refractivity contribution is 0.288.